The van der Waals surface area contributed by atoms with E-state index in [1.165, 1.54) is 0 Å². The molecule has 3 aliphatic rings. The zero-order valence-electron chi connectivity index (χ0n) is 13.8. The summed E-state index contributed by atoms with van der Waals surface area (Å²) < 4.78 is 0. The Hall–Kier alpha value is -2.08. The molecule has 7 heteroatoms. The van der Waals surface area contributed by atoms with Crippen molar-refractivity contribution in [3.05, 3.63) is 29.3 Å². The SMILES string of the molecule is O=C(Nc1cccc(Cl)c1)C1=NOC2(CCCN(C(=O)C3CC3)C2)C1. The van der Waals surface area contributed by atoms with Gasteiger partial charge >= 0.3 is 0 Å². The number of anilines is 1. The van der Waals surface area contributed by atoms with E-state index in [4.69, 9.17) is 16.4 Å². The molecule has 1 atom stereocenters. The molecule has 0 radical (unpaired) electrons. The van der Waals surface area contributed by atoms with Gasteiger partial charge < -0.3 is 15.1 Å². The predicted octanol–water partition coefficient (Wildman–Crippen LogP) is 2.83. The number of hydrogen-bond acceptors (Lipinski definition) is 4. The van der Waals surface area contributed by atoms with Crippen LogP contribution >= 0.6 is 11.6 Å². The number of nitrogens with zero attached hydrogens (tertiary/aromatic N) is 2. The van der Waals surface area contributed by atoms with Crippen molar-refractivity contribution < 1.29 is 14.4 Å². The van der Waals surface area contributed by atoms with Crippen LogP contribution < -0.4 is 5.32 Å². The van der Waals surface area contributed by atoms with Gasteiger partial charge in [-0.05, 0) is 43.9 Å². The minimum atomic E-state index is -0.552. The van der Waals surface area contributed by atoms with E-state index in [0.717, 1.165) is 32.2 Å². The van der Waals surface area contributed by atoms with E-state index in [1.54, 1.807) is 24.3 Å². The zero-order valence-corrected chi connectivity index (χ0v) is 14.6. The van der Waals surface area contributed by atoms with E-state index in [9.17, 15) is 9.59 Å². The number of nitrogens with one attached hydrogen (secondary N) is 1. The summed E-state index contributed by atoms with van der Waals surface area (Å²) in [5, 5.41) is 7.37. The number of likely N-dealkylation sites (tertiary alicyclic amines) is 1. The van der Waals surface area contributed by atoms with Crippen molar-refractivity contribution in [1.82, 2.24) is 4.90 Å². The summed E-state index contributed by atoms with van der Waals surface area (Å²) in [5.41, 5.74) is 0.431. The minimum Gasteiger partial charge on any atom is -0.386 e. The second kappa shape index (κ2) is 6.33. The van der Waals surface area contributed by atoms with Gasteiger partial charge in [0.1, 0.15) is 5.71 Å². The molecule has 1 aliphatic carbocycles. The lowest BCUT2D eigenvalue weighted by Gasteiger charge is -2.38. The molecular weight excluding hydrogens is 342 g/mol. The number of rotatable bonds is 3. The van der Waals surface area contributed by atoms with E-state index in [2.05, 4.69) is 10.5 Å². The molecule has 1 N–H and O–H groups in total. The number of halogens is 1. The number of benzene rings is 1. The first-order valence-electron chi connectivity index (χ1n) is 8.65. The van der Waals surface area contributed by atoms with Crippen LogP contribution in [0.25, 0.3) is 0 Å². The van der Waals surface area contributed by atoms with E-state index < -0.39 is 5.60 Å². The summed E-state index contributed by atoms with van der Waals surface area (Å²) in [6, 6.07) is 6.97. The molecule has 1 aromatic carbocycles. The van der Waals surface area contributed by atoms with Gasteiger partial charge in [-0.1, -0.05) is 22.8 Å². The lowest BCUT2D eigenvalue weighted by atomic mass is 9.88. The Morgan fingerprint density at radius 1 is 1.36 bits per heavy atom. The van der Waals surface area contributed by atoms with E-state index in [-0.39, 0.29) is 17.7 Å². The second-order valence-corrected chi connectivity index (χ2v) is 7.53. The van der Waals surface area contributed by atoms with Gasteiger partial charge in [0.05, 0.1) is 6.54 Å². The monoisotopic (exact) mass is 361 g/mol. The minimum absolute atomic E-state index is 0.197. The number of carbonyl (C=O) groups excluding carboxylic acids is 2. The van der Waals surface area contributed by atoms with Crippen LogP contribution in [0.2, 0.25) is 5.02 Å². The summed E-state index contributed by atoms with van der Waals surface area (Å²) in [6.45, 7) is 1.28. The fourth-order valence-corrected chi connectivity index (χ4v) is 3.70. The molecule has 2 heterocycles. The van der Waals surface area contributed by atoms with Crippen molar-refractivity contribution in [1.29, 1.82) is 0 Å². The Balaban J connectivity index is 1.39. The van der Waals surface area contributed by atoms with Crippen LogP contribution in [-0.2, 0) is 14.4 Å². The first-order chi connectivity index (χ1) is 12.0. The lowest BCUT2D eigenvalue weighted by molar-refractivity contribution is -0.141. The van der Waals surface area contributed by atoms with Gasteiger partial charge in [0.2, 0.25) is 5.91 Å². The molecular formula is C18H20ClN3O3. The summed E-state index contributed by atoms with van der Waals surface area (Å²) in [5.74, 6) is 0.132. The maximum Gasteiger partial charge on any atom is 0.273 e. The summed E-state index contributed by atoms with van der Waals surface area (Å²) in [6.07, 6.45) is 4.09. The molecule has 1 saturated carbocycles. The second-order valence-electron chi connectivity index (χ2n) is 7.09. The topological polar surface area (TPSA) is 71.0 Å². The first kappa shape index (κ1) is 16.4. The molecule has 2 aliphatic heterocycles. The van der Waals surface area contributed by atoms with Gasteiger partial charge in [0.15, 0.2) is 5.60 Å². The fraction of sp³-hybridized carbons (Fsp3) is 0.500. The highest BCUT2D eigenvalue weighted by molar-refractivity contribution is 6.43. The van der Waals surface area contributed by atoms with Crippen LogP contribution in [0.15, 0.2) is 29.4 Å². The Morgan fingerprint density at radius 3 is 2.96 bits per heavy atom. The van der Waals surface area contributed by atoms with Gasteiger partial charge in [0, 0.05) is 29.6 Å². The van der Waals surface area contributed by atoms with Gasteiger partial charge in [-0.25, -0.2) is 0 Å². The maximum absolute atomic E-state index is 12.4. The molecule has 1 aromatic rings. The molecule has 2 fully saturated rings. The molecule has 2 amide bonds. The normalized spacial score (nSPS) is 25.5. The van der Waals surface area contributed by atoms with E-state index in [1.807, 2.05) is 4.90 Å². The van der Waals surface area contributed by atoms with Gasteiger partial charge in [-0.3, -0.25) is 9.59 Å². The Labute approximate surface area is 151 Å². The third-order valence-electron chi connectivity index (χ3n) is 4.96. The summed E-state index contributed by atoms with van der Waals surface area (Å²) in [7, 11) is 0. The third-order valence-corrected chi connectivity index (χ3v) is 5.20. The average Bonchev–Trinajstić information content (AvgIpc) is 3.37. The fourth-order valence-electron chi connectivity index (χ4n) is 3.51. The largest absolute Gasteiger partial charge is 0.386 e. The van der Waals surface area contributed by atoms with Crippen LogP contribution in [0.4, 0.5) is 5.69 Å². The van der Waals surface area contributed by atoms with E-state index >= 15 is 0 Å². The molecule has 1 spiro atoms. The van der Waals surface area contributed by atoms with Crippen molar-refractivity contribution in [2.75, 3.05) is 18.4 Å². The van der Waals surface area contributed by atoms with Gasteiger partial charge in [-0.15, -0.1) is 0 Å². The van der Waals surface area contributed by atoms with Crippen molar-refractivity contribution in [3.63, 3.8) is 0 Å². The van der Waals surface area contributed by atoms with Gasteiger partial charge in [0.25, 0.3) is 5.91 Å². The molecule has 132 valence electrons. The third kappa shape index (κ3) is 3.49. The Kier molecular flexibility index (Phi) is 4.15. The standard InChI is InChI=1S/C18H20ClN3O3/c19-13-3-1-4-14(9-13)20-16(23)15-10-18(25-21-15)7-2-8-22(11-18)17(24)12-5-6-12/h1,3-4,9,12H,2,5-8,10-11H2,(H,20,23). The zero-order chi connectivity index (χ0) is 17.4. The summed E-state index contributed by atoms with van der Waals surface area (Å²) >= 11 is 5.94. The number of oxime groups is 1. The number of amides is 2. The van der Waals surface area contributed by atoms with Crippen LogP contribution in [0.1, 0.15) is 32.1 Å². The van der Waals surface area contributed by atoms with Crippen LogP contribution in [-0.4, -0.2) is 41.1 Å². The Bertz CT molecular complexity index is 747. The van der Waals surface area contributed by atoms with Crippen LogP contribution in [0.5, 0.6) is 0 Å². The maximum atomic E-state index is 12.4. The Morgan fingerprint density at radius 2 is 2.20 bits per heavy atom. The molecule has 0 aromatic heterocycles. The lowest BCUT2D eigenvalue weighted by Crippen LogP contribution is -2.51. The quantitative estimate of drug-likeness (QED) is 0.899. The van der Waals surface area contributed by atoms with Crippen LogP contribution in [0, 0.1) is 5.92 Å². The number of carbonyl (C=O) groups is 2. The highest BCUT2D eigenvalue weighted by Gasteiger charge is 2.47. The first-order valence-corrected chi connectivity index (χ1v) is 9.03. The highest BCUT2D eigenvalue weighted by Crippen LogP contribution is 2.37. The number of hydrogen-bond donors (Lipinski definition) is 1. The van der Waals surface area contributed by atoms with Gasteiger partial charge in [-0.2, -0.15) is 0 Å². The average molecular weight is 362 g/mol. The highest BCUT2D eigenvalue weighted by atomic mass is 35.5. The molecule has 0 bridgehead atoms. The number of piperidine rings is 1. The van der Waals surface area contributed by atoms with E-state index in [0.29, 0.717) is 29.4 Å². The van der Waals surface area contributed by atoms with Crippen molar-refractivity contribution in [3.8, 4) is 0 Å². The van der Waals surface area contributed by atoms with Crippen molar-refractivity contribution in [2.24, 2.45) is 11.1 Å². The molecule has 6 nitrogen and oxygen atoms in total. The predicted molar refractivity (Wildman–Crippen MR) is 94.5 cm³/mol. The smallest absolute Gasteiger partial charge is 0.273 e. The van der Waals surface area contributed by atoms with Crippen LogP contribution in [0.3, 0.4) is 0 Å². The molecule has 1 saturated heterocycles. The molecule has 25 heavy (non-hydrogen) atoms. The molecule has 1 unspecified atom stereocenters. The van der Waals surface area contributed by atoms with Crippen molar-refractivity contribution in [2.45, 2.75) is 37.7 Å². The molecule has 4 rings (SSSR count). The van der Waals surface area contributed by atoms with Crippen molar-refractivity contribution >= 4 is 34.8 Å². The summed E-state index contributed by atoms with van der Waals surface area (Å²) in [4.78, 5) is 32.3.